The van der Waals surface area contributed by atoms with Gasteiger partial charge in [-0.3, -0.25) is 4.79 Å². The zero-order valence-electron chi connectivity index (χ0n) is 20.6. The Bertz CT molecular complexity index is 825. The number of aromatic hydroxyl groups is 1. The minimum Gasteiger partial charge on any atom is -0.503 e. The summed E-state index contributed by atoms with van der Waals surface area (Å²) in [4.78, 5) is 29.7. The van der Waals surface area contributed by atoms with E-state index in [1.54, 1.807) is 0 Å². The molecule has 4 atom stereocenters. The van der Waals surface area contributed by atoms with Gasteiger partial charge < -0.3 is 29.4 Å². The fourth-order valence-corrected chi connectivity index (χ4v) is 4.53. The van der Waals surface area contributed by atoms with E-state index in [2.05, 4.69) is 24.1 Å². The summed E-state index contributed by atoms with van der Waals surface area (Å²) < 4.78 is 23.5. The Hall–Kier alpha value is -2.39. The minimum absolute atomic E-state index is 0.128. The van der Waals surface area contributed by atoms with Gasteiger partial charge in [0.2, 0.25) is 0 Å². The lowest BCUT2D eigenvalue weighted by Gasteiger charge is -2.33. The molecule has 0 aromatic carbocycles. The molecular formula is C25H38N2O7. The lowest BCUT2D eigenvalue weighted by molar-refractivity contribution is -0.173. The van der Waals surface area contributed by atoms with Gasteiger partial charge in [-0.25, -0.2) is 9.78 Å². The third-order valence-electron chi connectivity index (χ3n) is 6.32. The fourth-order valence-electron chi connectivity index (χ4n) is 4.53. The number of cyclic esters (lactones) is 1. The first-order chi connectivity index (χ1) is 16.3. The van der Waals surface area contributed by atoms with Crippen molar-refractivity contribution in [2.45, 2.75) is 96.2 Å². The number of carbonyl (C=O) groups is 2. The molecular weight excluding hydrogens is 440 g/mol. The van der Waals surface area contributed by atoms with Crippen molar-refractivity contribution in [2.24, 2.45) is 5.92 Å². The van der Waals surface area contributed by atoms with Crippen molar-refractivity contribution < 1.29 is 33.6 Å². The van der Waals surface area contributed by atoms with Crippen LogP contribution in [-0.4, -0.2) is 66.1 Å². The molecule has 9 nitrogen and oxygen atoms in total. The van der Waals surface area contributed by atoms with E-state index in [4.69, 9.17) is 18.9 Å². The Morgan fingerprint density at radius 1 is 1.24 bits per heavy atom. The molecule has 4 unspecified atom stereocenters. The summed E-state index contributed by atoms with van der Waals surface area (Å²) >= 11 is 0. The summed E-state index contributed by atoms with van der Waals surface area (Å²) in [5, 5.41) is 12.9. The van der Waals surface area contributed by atoms with E-state index in [0.29, 0.717) is 31.8 Å². The smallest absolute Gasteiger partial charge is 0.329 e. The Kier molecular flexibility index (Phi) is 9.53. The number of pyridine rings is 1. The predicted molar refractivity (Wildman–Crippen MR) is 125 cm³/mol. The summed E-state index contributed by atoms with van der Waals surface area (Å²) in [6, 6.07) is 0.572. The van der Waals surface area contributed by atoms with Gasteiger partial charge in [0.15, 0.2) is 17.2 Å². The second-order valence-electron chi connectivity index (χ2n) is 9.58. The number of hydrogen-bond donors (Lipinski definition) is 2. The molecule has 0 bridgehead atoms. The van der Waals surface area contributed by atoms with E-state index in [1.165, 1.54) is 32.2 Å². The first-order valence-electron chi connectivity index (χ1n) is 12.3. The zero-order chi connectivity index (χ0) is 24.7. The van der Waals surface area contributed by atoms with Gasteiger partial charge in [-0.05, 0) is 44.9 Å². The van der Waals surface area contributed by atoms with Crippen LogP contribution in [0, 0.1) is 5.92 Å². The van der Waals surface area contributed by atoms with Crippen LogP contribution in [0.4, 0.5) is 0 Å². The van der Waals surface area contributed by atoms with Gasteiger partial charge in [-0.15, -0.1) is 0 Å². The van der Waals surface area contributed by atoms with Gasteiger partial charge in [0.1, 0.15) is 18.2 Å². The van der Waals surface area contributed by atoms with Gasteiger partial charge in [-0.1, -0.05) is 26.7 Å². The molecule has 1 aromatic heterocycles. The van der Waals surface area contributed by atoms with E-state index in [1.807, 2.05) is 6.92 Å². The van der Waals surface area contributed by atoms with Crippen molar-refractivity contribution in [3.63, 3.8) is 0 Å². The van der Waals surface area contributed by atoms with Crippen LogP contribution in [-0.2, 0) is 19.0 Å². The number of aromatic nitrogens is 1. The van der Waals surface area contributed by atoms with Gasteiger partial charge >= 0.3 is 5.97 Å². The van der Waals surface area contributed by atoms with Gasteiger partial charge in [0.05, 0.1) is 19.3 Å². The summed E-state index contributed by atoms with van der Waals surface area (Å²) in [6.07, 6.45) is 6.57. The van der Waals surface area contributed by atoms with E-state index < -0.39 is 24.0 Å². The summed E-state index contributed by atoms with van der Waals surface area (Å²) in [5.74, 6) is -1.13. The SMILES string of the molecule is COc1ccnc(C(=O)NC2CCCC(OC3CCCC3)C(OCC(C)C)C(C)OC2=O)c1O. The predicted octanol–water partition coefficient (Wildman–Crippen LogP) is 3.38. The highest BCUT2D eigenvalue weighted by Gasteiger charge is 2.37. The van der Waals surface area contributed by atoms with Gasteiger partial charge in [0, 0.05) is 18.9 Å². The van der Waals surface area contributed by atoms with Crippen molar-refractivity contribution >= 4 is 11.9 Å². The number of methoxy groups -OCH3 is 1. The maximum Gasteiger partial charge on any atom is 0.329 e. The standard InChI is InChI=1S/C25H38N2O7/c1-15(2)14-32-23-16(3)33-25(30)18(10-7-11-20(23)34-17-8-5-6-9-17)27-24(29)21-22(28)19(31-4)12-13-26-21/h12-13,15-18,20,23,28H,5-11,14H2,1-4H3,(H,27,29). The third kappa shape index (κ3) is 6.82. The molecule has 34 heavy (non-hydrogen) atoms. The number of hydrogen-bond acceptors (Lipinski definition) is 8. The van der Waals surface area contributed by atoms with Crippen LogP contribution >= 0.6 is 0 Å². The second-order valence-corrected chi connectivity index (χ2v) is 9.58. The summed E-state index contributed by atoms with van der Waals surface area (Å²) in [6.45, 7) is 6.50. The number of amides is 1. The minimum atomic E-state index is -0.877. The van der Waals surface area contributed by atoms with Crippen molar-refractivity contribution in [1.29, 1.82) is 0 Å². The van der Waals surface area contributed by atoms with E-state index in [0.717, 1.165) is 12.8 Å². The summed E-state index contributed by atoms with van der Waals surface area (Å²) in [7, 11) is 1.38. The quantitative estimate of drug-likeness (QED) is 0.546. The van der Waals surface area contributed by atoms with Crippen LogP contribution in [0.1, 0.15) is 76.2 Å². The van der Waals surface area contributed by atoms with Crippen molar-refractivity contribution in [3.8, 4) is 11.5 Å². The van der Waals surface area contributed by atoms with Crippen LogP contribution < -0.4 is 10.1 Å². The highest BCUT2D eigenvalue weighted by Crippen LogP contribution is 2.30. The number of nitrogens with one attached hydrogen (secondary N) is 1. The zero-order valence-corrected chi connectivity index (χ0v) is 20.6. The molecule has 0 spiro atoms. The topological polar surface area (TPSA) is 116 Å². The molecule has 1 saturated heterocycles. The maximum atomic E-state index is 13.0. The lowest BCUT2D eigenvalue weighted by Crippen LogP contribution is -2.46. The molecule has 1 aliphatic heterocycles. The van der Waals surface area contributed by atoms with Gasteiger partial charge in [-0.2, -0.15) is 0 Å². The van der Waals surface area contributed by atoms with Crippen molar-refractivity contribution in [1.82, 2.24) is 10.3 Å². The number of carbonyl (C=O) groups excluding carboxylic acids is 2. The molecule has 2 aliphatic rings. The average Bonchev–Trinajstić information content (AvgIpc) is 3.31. The van der Waals surface area contributed by atoms with Crippen molar-refractivity contribution in [2.75, 3.05) is 13.7 Å². The molecule has 2 heterocycles. The first kappa shape index (κ1) is 26.2. The number of nitrogens with zero attached hydrogens (tertiary/aromatic N) is 1. The van der Waals surface area contributed by atoms with Crippen molar-refractivity contribution in [3.05, 3.63) is 18.0 Å². The molecule has 3 rings (SSSR count). The molecule has 190 valence electrons. The lowest BCUT2D eigenvalue weighted by atomic mass is 10.0. The van der Waals surface area contributed by atoms with Crippen LogP contribution in [0.15, 0.2) is 12.3 Å². The molecule has 1 saturated carbocycles. The number of ether oxygens (including phenoxy) is 4. The van der Waals surface area contributed by atoms with E-state index in [9.17, 15) is 14.7 Å². The average molecular weight is 479 g/mol. The van der Waals surface area contributed by atoms with Crippen LogP contribution in [0.5, 0.6) is 11.5 Å². The molecule has 1 amide bonds. The monoisotopic (exact) mass is 478 g/mol. The maximum absolute atomic E-state index is 13.0. The van der Waals surface area contributed by atoms with Crippen LogP contribution in [0.25, 0.3) is 0 Å². The van der Waals surface area contributed by atoms with Crippen LogP contribution in [0.2, 0.25) is 0 Å². The largest absolute Gasteiger partial charge is 0.503 e. The number of esters is 1. The third-order valence-corrected chi connectivity index (χ3v) is 6.32. The highest BCUT2D eigenvalue weighted by molar-refractivity contribution is 5.97. The Balaban J connectivity index is 1.73. The number of rotatable bonds is 8. The molecule has 0 radical (unpaired) electrons. The Morgan fingerprint density at radius 2 is 1.97 bits per heavy atom. The Labute approximate surface area is 201 Å². The molecule has 2 N–H and O–H groups in total. The van der Waals surface area contributed by atoms with Crippen LogP contribution in [0.3, 0.4) is 0 Å². The molecule has 2 fully saturated rings. The normalized spacial score (nSPS) is 26.4. The van der Waals surface area contributed by atoms with E-state index >= 15 is 0 Å². The van der Waals surface area contributed by atoms with E-state index in [-0.39, 0.29) is 35.5 Å². The first-order valence-corrected chi connectivity index (χ1v) is 12.3. The summed E-state index contributed by atoms with van der Waals surface area (Å²) in [5.41, 5.74) is -0.208. The highest BCUT2D eigenvalue weighted by atomic mass is 16.6. The van der Waals surface area contributed by atoms with Gasteiger partial charge in [0.25, 0.3) is 5.91 Å². The fraction of sp³-hybridized carbons (Fsp3) is 0.720. The Morgan fingerprint density at radius 3 is 2.65 bits per heavy atom. The molecule has 9 heteroatoms. The second kappa shape index (κ2) is 12.4. The molecule has 1 aliphatic carbocycles. The molecule has 1 aromatic rings.